The fourth-order valence-corrected chi connectivity index (χ4v) is 5.72. The van der Waals surface area contributed by atoms with E-state index in [4.69, 9.17) is 9.05 Å². The monoisotopic (exact) mass is 462 g/mol. The third-order valence-electron chi connectivity index (χ3n) is 2.52. The highest BCUT2D eigenvalue weighted by Gasteiger charge is 2.41. The standard InChI is InChI=1S/C14H19Br2F2O3P/c1-8(2)20-22(19,21-9(3)4)14(16)13(15)10-5-6-11(17)12(18)7-10/h5-9,13-14H,1-4H3. The molecule has 8 heteroatoms. The van der Waals surface area contributed by atoms with Gasteiger partial charge in [0.15, 0.2) is 11.6 Å². The first-order valence-electron chi connectivity index (χ1n) is 6.76. The molecular formula is C14H19Br2F2O3P. The maximum absolute atomic E-state index is 13.4. The molecule has 0 radical (unpaired) electrons. The van der Waals surface area contributed by atoms with Crippen molar-refractivity contribution < 1.29 is 22.4 Å². The van der Waals surface area contributed by atoms with Crippen molar-refractivity contribution in [2.45, 2.75) is 49.3 Å². The Morgan fingerprint density at radius 1 is 1.00 bits per heavy atom. The second-order valence-corrected chi connectivity index (χ2v) is 10.0. The summed E-state index contributed by atoms with van der Waals surface area (Å²) in [5, 5.41) is 0. The van der Waals surface area contributed by atoms with Crippen LogP contribution in [0.25, 0.3) is 0 Å². The molecule has 1 rings (SSSR count). The molecule has 0 N–H and O–H groups in total. The van der Waals surface area contributed by atoms with Crippen molar-refractivity contribution >= 4 is 39.5 Å². The van der Waals surface area contributed by atoms with E-state index in [0.717, 1.165) is 12.1 Å². The van der Waals surface area contributed by atoms with Crippen LogP contribution in [0.1, 0.15) is 38.1 Å². The van der Waals surface area contributed by atoms with Crippen LogP contribution in [-0.4, -0.2) is 16.8 Å². The zero-order valence-electron chi connectivity index (χ0n) is 12.7. The largest absolute Gasteiger partial charge is 0.346 e. The van der Waals surface area contributed by atoms with E-state index in [1.165, 1.54) is 6.07 Å². The van der Waals surface area contributed by atoms with Gasteiger partial charge in [0.1, 0.15) is 4.57 Å². The summed E-state index contributed by atoms with van der Waals surface area (Å²) in [5.74, 6) is -1.90. The smallest absolute Gasteiger partial charge is 0.305 e. The average molecular weight is 464 g/mol. The molecule has 126 valence electrons. The van der Waals surface area contributed by atoms with E-state index in [2.05, 4.69) is 31.9 Å². The van der Waals surface area contributed by atoms with E-state index in [1.54, 1.807) is 27.7 Å². The molecule has 0 saturated carbocycles. The Balaban J connectivity index is 3.08. The first kappa shape index (κ1) is 20.2. The molecule has 0 aliphatic heterocycles. The van der Waals surface area contributed by atoms with Gasteiger partial charge in [0.2, 0.25) is 0 Å². The van der Waals surface area contributed by atoms with Gasteiger partial charge in [0, 0.05) is 0 Å². The fourth-order valence-electron chi connectivity index (χ4n) is 1.73. The van der Waals surface area contributed by atoms with E-state index in [9.17, 15) is 13.3 Å². The van der Waals surface area contributed by atoms with Crippen molar-refractivity contribution in [2.75, 3.05) is 0 Å². The Morgan fingerprint density at radius 2 is 1.50 bits per heavy atom. The Labute approximate surface area is 146 Å². The highest BCUT2D eigenvalue weighted by molar-refractivity contribution is 9.13. The van der Waals surface area contributed by atoms with Crippen LogP contribution in [-0.2, 0) is 13.6 Å². The summed E-state index contributed by atoms with van der Waals surface area (Å²) in [6.45, 7) is 6.99. The van der Waals surface area contributed by atoms with Crippen LogP contribution >= 0.6 is 39.5 Å². The Kier molecular flexibility index (Phi) is 7.67. The number of benzene rings is 1. The minimum absolute atomic E-state index is 0.311. The zero-order chi connectivity index (χ0) is 17.1. The van der Waals surface area contributed by atoms with Crippen molar-refractivity contribution in [3.05, 3.63) is 35.4 Å². The van der Waals surface area contributed by atoms with Gasteiger partial charge in [0.05, 0.1) is 17.0 Å². The first-order valence-corrected chi connectivity index (χ1v) is 10.2. The molecule has 0 spiro atoms. The lowest BCUT2D eigenvalue weighted by molar-refractivity contribution is 0.141. The van der Waals surface area contributed by atoms with Crippen molar-refractivity contribution in [3.8, 4) is 0 Å². The zero-order valence-corrected chi connectivity index (χ0v) is 16.8. The highest BCUT2D eigenvalue weighted by Crippen LogP contribution is 2.62. The lowest BCUT2D eigenvalue weighted by atomic mass is 10.1. The van der Waals surface area contributed by atoms with Gasteiger partial charge >= 0.3 is 7.60 Å². The molecule has 0 aliphatic carbocycles. The average Bonchev–Trinajstić information content (AvgIpc) is 2.38. The molecule has 1 aromatic rings. The molecule has 0 amide bonds. The normalized spacial score (nSPS) is 15.4. The molecule has 0 aromatic heterocycles. The first-order chi connectivity index (χ1) is 10.1. The van der Waals surface area contributed by atoms with Crippen molar-refractivity contribution in [1.29, 1.82) is 0 Å². The summed E-state index contributed by atoms with van der Waals surface area (Å²) in [6, 6.07) is 3.50. The Bertz CT molecular complexity index is 541. The molecule has 0 aliphatic rings. The van der Waals surface area contributed by atoms with Gasteiger partial charge in [-0.25, -0.2) is 8.78 Å². The predicted octanol–water partition coefficient (Wildman–Crippen LogP) is 6.16. The molecule has 1 aromatic carbocycles. The van der Waals surface area contributed by atoms with E-state index >= 15 is 0 Å². The summed E-state index contributed by atoms with van der Waals surface area (Å²) >= 11 is 6.68. The van der Waals surface area contributed by atoms with Crippen molar-refractivity contribution in [1.82, 2.24) is 0 Å². The second kappa shape index (κ2) is 8.34. The molecule has 0 bridgehead atoms. The summed E-state index contributed by atoms with van der Waals surface area (Å²) in [5.41, 5.74) is 0.431. The summed E-state index contributed by atoms with van der Waals surface area (Å²) < 4.78 is 49.7. The van der Waals surface area contributed by atoms with Crippen LogP contribution in [0.15, 0.2) is 18.2 Å². The van der Waals surface area contributed by atoms with Gasteiger partial charge in [-0.2, -0.15) is 0 Å². The van der Waals surface area contributed by atoms with Gasteiger partial charge in [-0.05, 0) is 45.4 Å². The third kappa shape index (κ3) is 5.38. The molecule has 0 saturated heterocycles. The van der Waals surface area contributed by atoms with Gasteiger partial charge < -0.3 is 9.05 Å². The predicted molar refractivity (Wildman–Crippen MR) is 90.8 cm³/mol. The molecule has 22 heavy (non-hydrogen) atoms. The van der Waals surface area contributed by atoms with Crippen molar-refractivity contribution in [3.63, 3.8) is 0 Å². The third-order valence-corrected chi connectivity index (χ3v) is 9.06. The number of halogens is 4. The number of rotatable bonds is 7. The summed E-state index contributed by atoms with van der Waals surface area (Å²) in [6.07, 6.45) is -0.622. The molecule has 0 fully saturated rings. The fraction of sp³-hybridized carbons (Fsp3) is 0.571. The summed E-state index contributed by atoms with van der Waals surface area (Å²) in [7, 11) is -3.52. The van der Waals surface area contributed by atoms with Gasteiger partial charge in [-0.3, -0.25) is 4.57 Å². The van der Waals surface area contributed by atoms with Crippen LogP contribution in [0, 0.1) is 11.6 Å². The van der Waals surface area contributed by atoms with E-state index in [0.29, 0.717) is 5.56 Å². The van der Waals surface area contributed by atoms with E-state index in [1.807, 2.05) is 0 Å². The summed E-state index contributed by atoms with van der Waals surface area (Å²) in [4.78, 5) is -0.578. The topological polar surface area (TPSA) is 35.5 Å². The van der Waals surface area contributed by atoms with Gasteiger partial charge in [-0.1, -0.05) is 37.9 Å². The Morgan fingerprint density at radius 3 is 1.91 bits per heavy atom. The number of hydrogen-bond donors (Lipinski definition) is 0. The van der Waals surface area contributed by atoms with Gasteiger partial charge in [0.25, 0.3) is 0 Å². The molecule has 2 unspecified atom stereocenters. The number of hydrogen-bond acceptors (Lipinski definition) is 3. The lowest BCUT2D eigenvalue weighted by Crippen LogP contribution is -2.17. The van der Waals surface area contributed by atoms with Crippen LogP contribution in [0.4, 0.5) is 8.78 Å². The van der Waals surface area contributed by atoms with E-state index in [-0.39, 0.29) is 12.2 Å². The highest BCUT2D eigenvalue weighted by atomic mass is 79.9. The van der Waals surface area contributed by atoms with Gasteiger partial charge in [-0.15, -0.1) is 0 Å². The van der Waals surface area contributed by atoms with Crippen LogP contribution in [0.2, 0.25) is 0 Å². The van der Waals surface area contributed by atoms with Crippen LogP contribution < -0.4 is 0 Å². The quantitative estimate of drug-likeness (QED) is 0.358. The van der Waals surface area contributed by atoms with E-state index < -0.39 is 28.6 Å². The SMILES string of the molecule is CC(C)OP(=O)(OC(C)C)C(Br)C(Br)c1ccc(F)c(F)c1. The minimum atomic E-state index is -3.52. The molecule has 2 atom stereocenters. The maximum atomic E-state index is 13.4. The molecular weight excluding hydrogens is 445 g/mol. The van der Waals surface area contributed by atoms with Crippen molar-refractivity contribution in [2.24, 2.45) is 0 Å². The number of alkyl halides is 2. The van der Waals surface area contributed by atoms with Crippen LogP contribution in [0.5, 0.6) is 0 Å². The maximum Gasteiger partial charge on any atom is 0.346 e. The second-order valence-electron chi connectivity index (χ2n) is 5.30. The Hall–Kier alpha value is 0.190. The molecule has 3 nitrogen and oxygen atoms in total. The lowest BCUT2D eigenvalue weighted by Gasteiger charge is -2.29. The molecule has 0 heterocycles. The minimum Gasteiger partial charge on any atom is -0.305 e. The van der Waals surface area contributed by atoms with Crippen LogP contribution in [0.3, 0.4) is 0 Å².